The molecule has 1 amide bonds. The standard InChI is InChI=1S/C12H13F2NO3/c13-9-5-10(14)7-11(6-9)18-8-12(16)15-1-3-17-4-2-15/h5-7H,1-4,8H2. The Morgan fingerprint density at radius 1 is 1.22 bits per heavy atom. The monoisotopic (exact) mass is 257 g/mol. The van der Waals surface area contributed by atoms with Gasteiger partial charge in [0.25, 0.3) is 5.91 Å². The van der Waals surface area contributed by atoms with Gasteiger partial charge < -0.3 is 14.4 Å². The Labute approximate surface area is 103 Å². The van der Waals surface area contributed by atoms with E-state index in [1.807, 2.05) is 0 Å². The van der Waals surface area contributed by atoms with Crippen LogP contribution in [-0.2, 0) is 9.53 Å². The van der Waals surface area contributed by atoms with Gasteiger partial charge in [0.2, 0.25) is 0 Å². The molecule has 0 radical (unpaired) electrons. The van der Waals surface area contributed by atoms with Gasteiger partial charge >= 0.3 is 0 Å². The van der Waals surface area contributed by atoms with E-state index in [1.165, 1.54) is 0 Å². The molecule has 18 heavy (non-hydrogen) atoms. The third-order valence-electron chi connectivity index (χ3n) is 2.56. The number of hydrogen-bond donors (Lipinski definition) is 0. The normalized spacial score (nSPS) is 15.6. The first-order chi connectivity index (χ1) is 8.65. The van der Waals surface area contributed by atoms with Crippen LogP contribution in [0.5, 0.6) is 5.75 Å². The summed E-state index contributed by atoms with van der Waals surface area (Å²) in [6.07, 6.45) is 0. The van der Waals surface area contributed by atoms with Crippen molar-refractivity contribution in [2.24, 2.45) is 0 Å². The van der Waals surface area contributed by atoms with E-state index in [2.05, 4.69) is 0 Å². The highest BCUT2D eigenvalue weighted by atomic mass is 19.1. The van der Waals surface area contributed by atoms with Gasteiger partial charge in [0.15, 0.2) is 6.61 Å². The molecule has 0 unspecified atom stereocenters. The Morgan fingerprint density at radius 3 is 2.44 bits per heavy atom. The number of carbonyl (C=O) groups is 1. The zero-order chi connectivity index (χ0) is 13.0. The Bertz CT molecular complexity index is 413. The fourth-order valence-corrected chi connectivity index (χ4v) is 1.66. The number of carbonyl (C=O) groups excluding carboxylic acids is 1. The SMILES string of the molecule is O=C(COc1cc(F)cc(F)c1)N1CCOCC1. The Hall–Kier alpha value is -1.69. The molecule has 1 aliphatic heterocycles. The summed E-state index contributed by atoms with van der Waals surface area (Å²) in [7, 11) is 0. The molecule has 1 fully saturated rings. The second kappa shape index (κ2) is 5.77. The van der Waals surface area contributed by atoms with Crippen molar-refractivity contribution in [3.05, 3.63) is 29.8 Å². The molecule has 0 spiro atoms. The summed E-state index contributed by atoms with van der Waals surface area (Å²) in [4.78, 5) is 13.3. The molecule has 0 aliphatic carbocycles. The van der Waals surface area contributed by atoms with Crippen LogP contribution in [0.25, 0.3) is 0 Å². The van der Waals surface area contributed by atoms with Crippen molar-refractivity contribution in [2.75, 3.05) is 32.9 Å². The predicted molar refractivity (Wildman–Crippen MR) is 59.3 cm³/mol. The summed E-state index contributed by atoms with van der Waals surface area (Å²) in [5, 5.41) is 0. The topological polar surface area (TPSA) is 38.8 Å². The Morgan fingerprint density at radius 2 is 1.83 bits per heavy atom. The molecular weight excluding hydrogens is 244 g/mol. The van der Waals surface area contributed by atoms with Crippen LogP contribution >= 0.6 is 0 Å². The van der Waals surface area contributed by atoms with E-state index in [0.717, 1.165) is 18.2 Å². The maximum atomic E-state index is 12.9. The van der Waals surface area contributed by atoms with Crippen molar-refractivity contribution in [1.82, 2.24) is 4.90 Å². The molecule has 1 heterocycles. The van der Waals surface area contributed by atoms with Gasteiger partial charge in [-0.05, 0) is 0 Å². The first-order valence-electron chi connectivity index (χ1n) is 5.59. The van der Waals surface area contributed by atoms with Crippen molar-refractivity contribution in [2.45, 2.75) is 0 Å². The maximum Gasteiger partial charge on any atom is 0.260 e. The molecule has 0 aromatic heterocycles. The molecule has 6 heteroatoms. The van der Waals surface area contributed by atoms with Crippen molar-refractivity contribution < 1.29 is 23.0 Å². The van der Waals surface area contributed by atoms with Crippen LogP contribution in [0.4, 0.5) is 8.78 Å². The van der Waals surface area contributed by atoms with Crippen LogP contribution in [0, 0.1) is 11.6 Å². The number of nitrogens with zero attached hydrogens (tertiary/aromatic N) is 1. The van der Waals surface area contributed by atoms with Gasteiger partial charge in [-0.25, -0.2) is 8.78 Å². The zero-order valence-corrected chi connectivity index (χ0v) is 9.70. The van der Waals surface area contributed by atoms with Crippen LogP contribution in [0.3, 0.4) is 0 Å². The van der Waals surface area contributed by atoms with Crippen LogP contribution in [0.15, 0.2) is 18.2 Å². The van der Waals surface area contributed by atoms with Crippen LogP contribution in [0.1, 0.15) is 0 Å². The minimum Gasteiger partial charge on any atom is -0.484 e. The second-order valence-corrected chi connectivity index (χ2v) is 3.89. The summed E-state index contributed by atoms with van der Waals surface area (Å²) < 4.78 is 35.9. The highest BCUT2D eigenvalue weighted by Crippen LogP contribution is 2.15. The fraction of sp³-hybridized carbons (Fsp3) is 0.417. The van der Waals surface area contributed by atoms with E-state index in [1.54, 1.807) is 4.90 Å². The third-order valence-corrected chi connectivity index (χ3v) is 2.56. The molecule has 1 aromatic carbocycles. The molecule has 0 N–H and O–H groups in total. The Balaban J connectivity index is 1.88. The molecule has 4 nitrogen and oxygen atoms in total. The molecule has 1 saturated heterocycles. The Kier molecular flexibility index (Phi) is 4.09. The van der Waals surface area contributed by atoms with Crippen molar-refractivity contribution >= 4 is 5.91 Å². The van der Waals surface area contributed by atoms with E-state index < -0.39 is 11.6 Å². The van der Waals surface area contributed by atoms with Crippen molar-refractivity contribution in [3.63, 3.8) is 0 Å². The lowest BCUT2D eigenvalue weighted by Gasteiger charge is -2.26. The number of halogens is 2. The van der Waals surface area contributed by atoms with Gasteiger partial charge in [-0.15, -0.1) is 0 Å². The lowest BCUT2D eigenvalue weighted by Crippen LogP contribution is -2.42. The predicted octanol–water partition coefficient (Wildman–Crippen LogP) is 1.20. The quantitative estimate of drug-likeness (QED) is 0.816. The van der Waals surface area contributed by atoms with Crippen LogP contribution in [-0.4, -0.2) is 43.7 Å². The summed E-state index contributed by atoms with van der Waals surface area (Å²) in [6.45, 7) is 1.79. The van der Waals surface area contributed by atoms with Crippen molar-refractivity contribution in [1.29, 1.82) is 0 Å². The first kappa shape index (κ1) is 12.8. The van der Waals surface area contributed by atoms with E-state index in [0.29, 0.717) is 26.3 Å². The van der Waals surface area contributed by atoms with Crippen LogP contribution in [0.2, 0.25) is 0 Å². The lowest BCUT2D eigenvalue weighted by atomic mass is 10.3. The summed E-state index contributed by atoms with van der Waals surface area (Å²) in [6, 6.07) is 2.82. The largest absolute Gasteiger partial charge is 0.484 e. The molecule has 0 atom stereocenters. The third kappa shape index (κ3) is 3.40. The second-order valence-electron chi connectivity index (χ2n) is 3.89. The molecular formula is C12H13F2NO3. The molecule has 98 valence electrons. The maximum absolute atomic E-state index is 12.9. The minimum absolute atomic E-state index is 0.00843. The zero-order valence-electron chi connectivity index (χ0n) is 9.70. The van der Waals surface area contributed by atoms with Gasteiger partial charge in [-0.2, -0.15) is 0 Å². The smallest absolute Gasteiger partial charge is 0.260 e. The number of morpholine rings is 1. The van der Waals surface area contributed by atoms with E-state index in [4.69, 9.17) is 9.47 Å². The number of amides is 1. The van der Waals surface area contributed by atoms with Gasteiger partial charge in [0.05, 0.1) is 13.2 Å². The number of hydrogen-bond acceptors (Lipinski definition) is 3. The molecule has 1 aliphatic rings. The summed E-state index contributed by atoms with van der Waals surface area (Å²) >= 11 is 0. The van der Waals surface area contributed by atoms with Gasteiger partial charge in [0, 0.05) is 31.3 Å². The molecule has 0 saturated carbocycles. The average molecular weight is 257 g/mol. The number of rotatable bonds is 3. The number of ether oxygens (including phenoxy) is 2. The summed E-state index contributed by atoms with van der Waals surface area (Å²) in [5.41, 5.74) is 0. The molecule has 0 bridgehead atoms. The van der Waals surface area contributed by atoms with E-state index >= 15 is 0 Å². The highest BCUT2D eigenvalue weighted by molar-refractivity contribution is 5.77. The van der Waals surface area contributed by atoms with Gasteiger partial charge in [0.1, 0.15) is 17.4 Å². The fourth-order valence-electron chi connectivity index (χ4n) is 1.66. The summed E-state index contributed by atoms with van der Waals surface area (Å²) in [5.74, 6) is -1.68. The van der Waals surface area contributed by atoms with E-state index in [-0.39, 0.29) is 18.3 Å². The lowest BCUT2D eigenvalue weighted by molar-refractivity contribution is -0.137. The molecule has 1 aromatic rings. The molecule has 2 rings (SSSR count). The number of benzene rings is 1. The van der Waals surface area contributed by atoms with E-state index in [9.17, 15) is 13.6 Å². The first-order valence-corrected chi connectivity index (χ1v) is 5.59. The van der Waals surface area contributed by atoms with Crippen LogP contribution < -0.4 is 4.74 Å². The average Bonchev–Trinajstić information content (AvgIpc) is 2.36. The van der Waals surface area contributed by atoms with Crippen molar-refractivity contribution in [3.8, 4) is 5.75 Å². The minimum atomic E-state index is -0.733. The highest BCUT2D eigenvalue weighted by Gasteiger charge is 2.17. The van der Waals surface area contributed by atoms with Gasteiger partial charge in [-0.3, -0.25) is 4.79 Å². The van der Waals surface area contributed by atoms with Gasteiger partial charge in [-0.1, -0.05) is 0 Å².